The van der Waals surface area contributed by atoms with E-state index in [1.165, 1.54) is 0 Å². The van der Waals surface area contributed by atoms with E-state index >= 15 is 0 Å². The molecule has 0 aliphatic heterocycles. The number of nitrogens with zero attached hydrogens (tertiary/aromatic N) is 1. The van der Waals surface area contributed by atoms with Gasteiger partial charge in [0.1, 0.15) is 0 Å². The highest BCUT2D eigenvalue weighted by molar-refractivity contribution is 5.40. The summed E-state index contributed by atoms with van der Waals surface area (Å²) >= 11 is 0. The molecule has 0 saturated heterocycles. The van der Waals surface area contributed by atoms with Gasteiger partial charge >= 0.3 is 0 Å². The fourth-order valence-electron chi connectivity index (χ4n) is 0.647. The molecule has 1 aromatic heterocycles. The third-order valence-corrected chi connectivity index (χ3v) is 1.12. The zero-order valence-corrected chi connectivity index (χ0v) is 6.45. The smallest absolute Gasteiger partial charge is 0.163 e. The van der Waals surface area contributed by atoms with Gasteiger partial charge in [-0.05, 0) is 19.1 Å². The molecule has 0 aliphatic carbocycles. The minimum Gasteiger partial charge on any atom is -0.490 e. The highest BCUT2D eigenvalue weighted by atomic mass is 16.5. The van der Waals surface area contributed by atoms with Crippen molar-refractivity contribution in [2.75, 3.05) is 6.61 Å². The summed E-state index contributed by atoms with van der Waals surface area (Å²) in [5, 5.41) is 0. The van der Waals surface area contributed by atoms with E-state index in [1.807, 2.05) is 25.1 Å². The summed E-state index contributed by atoms with van der Waals surface area (Å²) in [5.74, 6) is 0. The van der Waals surface area contributed by atoms with E-state index < -0.39 is 0 Å². The van der Waals surface area contributed by atoms with Gasteiger partial charge in [0, 0.05) is 12.3 Å². The minimum absolute atomic E-state index is 0.642. The van der Waals surface area contributed by atoms with Crippen LogP contribution in [-0.2, 0) is 4.74 Å². The van der Waals surface area contributed by atoms with Crippen LogP contribution in [0.25, 0.3) is 6.08 Å². The van der Waals surface area contributed by atoms with Crippen molar-refractivity contribution in [2.45, 2.75) is 6.92 Å². The van der Waals surface area contributed by atoms with Crippen LogP contribution < -0.4 is 0 Å². The maximum absolute atomic E-state index is 4.89. The lowest BCUT2D eigenvalue weighted by atomic mass is 10.3. The summed E-state index contributed by atoms with van der Waals surface area (Å²) in [6.45, 7) is 2.56. The Labute approximate surface area is 66.5 Å². The summed E-state index contributed by atoms with van der Waals surface area (Å²) in [7, 11) is 0. The van der Waals surface area contributed by atoms with Crippen molar-refractivity contribution in [1.82, 2.24) is 4.98 Å². The first-order valence-electron chi connectivity index (χ1n) is 3.55. The van der Waals surface area contributed by atoms with Crippen LogP contribution in [0.5, 0.6) is 0 Å². The summed E-state index contributed by atoms with van der Waals surface area (Å²) in [6, 6.07) is 5.69. The predicted octanol–water partition coefficient (Wildman–Crippen LogP) is 1.89. The lowest BCUT2D eigenvalue weighted by molar-refractivity contribution is 0.250. The number of hydrogen-bond acceptors (Lipinski definition) is 2. The Morgan fingerprint density at radius 3 is 3.18 bits per heavy atom. The third kappa shape index (κ3) is 2.85. The van der Waals surface area contributed by atoms with Crippen LogP contribution in [0, 0.1) is 6.26 Å². The molecule has 11 heavy (non-hydrogen) atoms. The zero-order valence-electron chi connectivity index (χ0n) is 6.45. The number of hydrogen-bond donors (Lipinski definition) is 0. The van der Waals surface area contributed by atoms with Crippen molar-refractivity contribution in [2.24, 2.45) is 0 Å². The molecule has 1 radical (unpaired) electrons. The molecule has 1 aromatic rings. The zero-order chi connectivity index (χ0) is 7.94. The topological polar surface area (TPSA) is 22.1 Å². The highest BCUT2D eigenvalue weighted by Gasteiger charge is 1.82. The molecule has 2 heteroatoms. The van der Waals surface area contributed by atoms with Gasteiger partial charge in [-0.15, -0.1) is 0 Å². The number of aromatic nitrogens is 1. The number of pyridine rings is 1. The number of ether oxygens (including phenoxy) is 1. The average molecular weight is 148 g/mol. The summed E-state index contributed by atoms with van der Waals surface area (Å²) in [4.78, 5) is 4.05. The molecule has 0 aromatic carbocycles. The van der Waals surface area contributed by atoms with Gasteiger partial charge in [0.05, 0.1) is 12.3 Å². The van der Waals surface area contributed by atoms with Gasteiger partial charge in [-0.2, -0.15) is 0 Å². The largest absolute Gasteiger partial charge is 0.490 e. The van der Waals surface area contributed by atoms with Crippen molar-refractivity contribution in [3.8, 4) is 0 Å². The highest BCUT2D eigenvalue weighted by Crippen LogP contribution is 1.95. The van der Waals surface area contributed by atoms with Crippen molar-refractivity contribution in [1.29, 1.82) is 0 Å². The minimum atomic E-state index is 0.642. The molecule has 0 unspecified atom stereocenters. The Balaban J connectivity index is 2.50. The van der Waals surface area contributed by atoms with Crippen LogP contribution in [-0.4, -0.2) is 11.6 Å². The van der Waals surface area contributed by atoms with E-state index in [1.54, 1.807) is 12.3 Å². The van der Waals surface area contributed by atoms with Crippen LogP contribution in [0.2, 0.25) is 0 Å². The van der Waals surface area contributed by atoms with Crippen LogP contribution in [0.1, 0.15) is 12.6 Å². The van der Waals surface area contributed by atoms with E-state index in [9.17, 15) is 0 Å². The molecular formula is C9H10NO. The third-order valence-electron chi connectivity index (χ3n) is 1.12. The van der Waals surface area contributed by atoms with E-state index in [4.69, 9.17) is 4.74 Å². The Hall–Kier alpha value is -1.31. The van der Waals surface area contributed by atoms with Gasteiger partial charge in [0.25, 0.3) is 0 Å². The summed E-state index contributed by atoms with van der Waals surface area (Å²) in [5.41, 5.74) is 0.862. The van der Waals surface area contributed by atoms with Crippen molar-refractivity contribution >= 4 is 6.08 Å². The quantitative estimate of drug-likeness (QED) is 0.611. The fraction of sp³-hybridized carbons (Fsp3) is 0.222. The molecule has 0 bridgehead atoms. The molecule has 2 nitrogen and oxygen atoms in total. The van der Waals surface area contributed by atoms with E-state index in [2.05, 4.69) is 11.2 Å². The molecular weight excluding hydrogens is 138 g/mol. The molecule has 0 spiro atoms. The molecule has 57 valence electrons. The van der Waals surface area contributed by atoms with Crippen molar-refractivity contribution in [3.05, 3.63) is 36.4 Å². The molecule has 1 heterocycles. The second kappa shape index (κ2) is 4.50. The Morgan fingerprint density at radius 2 is 2.55 bits per heavy atom. The van der Waals surface area contributed by atoms with Gasteiger partial charge in [-0.25, -0.2) is 0 Å². The molecule has 0 aliphatic rings. The van der Waals surface area contributed by atoms with Crippen LogP contribution >= 0.6 is 0 Å². The first-order valence-corrected chi connectivity index (χ1v) is 3.55. The molecule has 0 fully saturated rings. The van der Waals surface area contributed by atoms with Gasteiger partial charge in [-0.1, -0.05) is 6.07 Å². The van der Waals surface area contributed by atoms with Crippen molar-refractivity contribution < 1.29 is 4.74 Å². The average Bonchev–Trinajstić information content (AvgIpc) is 2.07. The SMILES string of the molecule is CCO/[C]=C/c1ccccn1. The van der Waals surface area contributed by atoms with Gasteiger partial charge < -0.3 is 4.74 Å². The standard InChI is InChI=1S/C9H10NO/c1-2-11-8-6-9-5-3-4-7-10-9/h3-7H,2H2,1H3. The van der Waals surface area contributed by atoms with Crippen LogP contribution in [0.15, 0.2) is 24.4 Å². The maximum Gasteiger partial charge on any atom is 0.163 e. The lowest BCUT2D eigenvalue weighted by Crippen LogP contribution is -1.80. The predicted molar refractivity (Wildman–Crippen MR) is 43.6 cm³/mol. The Kier molecular flexibility index (Phi) is 3.19. The molecule has 1 rings (SSSR count). The Morgan fingerprint density at radius 1 is 1.64 bits per heavy atom. The second-order valence-corrected chi connectivity index (χ2v) is 1.95. The van der Waals surface area contributed by atoms with E-state index in [0.29, 0.717) is 6.61 Å². The monoisotopic (exact) mass is 148 g/mol. The molecule has 0 N–H and O–H groups in total. The molecule has 0 saturated carbocycles. The summed E-state index contributed by atoms with van der Waals surface area (Å²) in [6.07, 6.45) is 6.11. The first-order chi connectivity index (χ1) is 5.43. The van der Waals surface area contributed by atoms with Gasteiger partial charge in [0.2, 0.25) is 0 Å². The lowest BCUT2D eigenvalue weighted by Gasteiger charge is -1.90. The first kappa shape index (κ1) is 7.79. The van der Waals surface area contributed by atoms with Crippen LogP contribution in [0.4, 0.5) is 0 Å². The molecule has 0 amide bonds. The Bertz CT molecular complexity index is 218. The van der Waals surface area contributed by atoms with Crippen LogP contribution in [0.3, 0.4) is 0 Å². The van der Waals surface area contributed by atoms with E-state index in [0.717, 1.165) is 5.69 Å². The molecule has 0 atom stereocenters. The van der Waals surface area contributed by atoms with Crippen molar-refractivity contribution in [3.63, 3.8) is 0 Å². The summed E-state index contributed by atoms with van der Waals surface area (Å²) < 4.78 is 4.89. The maximum atomic E-state index is 4.89. The number of rotatable bonds is 3. The van der Waals surface area contributed by atoms with Gasteiger partial charge in [0.15, 0.2) is 6.26 Å². The van der Waals surface area contributed by atoms with E-state index in [-0.39, 0.29) is 0 Å². The fourth-order valence-corrected chi connectivity index (χ4v) is 0.647. The van der Waals surface area contributed by atoms with Gasteiger partial charge in [-0.3, -0.25) is 4.98 Å². The second-order valence-electron chi connectivity index (χ2n) is 1.95. The normalized spacial score (nSPS) is 10.3.